The number of hydrogen-bond acceptors (Lipinski definition) is 3. The lowest BCUT2D eigenvalue weighted by molar-refractivity contribution is 0.0941. The highest BCUT2D eigenvalue weighted by molar-refractivity contribution is 5.96. The fraction of sp³-hybridized carbons (Fsp3) is 0.174. The molecule has 5 heteroatoms. The summed E-state index contributed by atoms with van der Waals surface area (Å²) >= 11 is 0. The summed E-state index contributed by atoms with van der Waals surface area (Å²) < 4.78 is 0. The molecule has 2 N–H and O–H groups in total. The van der Waals surface area contributed by atoms with Crippen LogP contribution in [0.25, 0.3) is 0 Å². The van der Waals surface area contributed by atoms with Gasteiger partial charge >= 0.3 is 0 Å². The first-order valence-electron chi connectivity index (χ1n) is 9.16. The van der Waals surface area contributed by atoms with E-state index in [1.54, 1.807) is 18.2 Å². The molecule has 0 atom stereocenters. The Morgan fingerprint density at radius 3 is 1.89 bits per heavy atom. The third-order valence-corrected chi connectivity index (χ3v) is 4.32. The quantitative estimate of drug-likeness (QED) is 0.694. The molecule has 1 aromatic heterocycles. The Hall–Kier alpha value is -3.47. The monoisotopic (exact) mass is 373 g/mol. The van der Waals surface area contributed by atoms with Crippen molar-refractivity contribution in [3.8, 4) is 0 Å². The van der Waals surface area contributed by atoms with Gasteiger partial charge in [0.05, 0.1) is 0 Å². The predicted molar refractivity (Wildman–Crippen MR) is 109 cm³/mol. The fourth-order valence-corrected chi connectivity index (χ4v) is 2.76. The molecule has 3 rings (SSSR count). The van der Waals surface area contributed by atoms with Gasteiger partial charge in [-0.05, 0) is 37.1 Å². The summed E-state index contributed by atoms with van der Waals surface area (Å²) in [6, 6.07) is 20.7. The van der Waals surface area contributed by atoms with Gasteiger partial charge in [-0.3, -0.25) is 9.59 Å². The van der Waals surface area contributed by atoms with Crippen LogP contribution in [-0.4, -0.2) is 16.8 Å². The Labute approximate surface area is 164 Å². The van der Waals surface area contributed by atoms with Crippen LogP contribution in [0.2, 0.25) is 0 Å². The summed E-state index contributed by atoms with van der Waals surface area (Å²) in [5, 5.41) is 5.67. The average Bonchev–Trinajstić information content (AvgIpc) is 2.71. The van der Waals surface area contributed by atoms with Gasteiger partial charge in [0, 0.05) is 13.1 Å². The number of amides is 2. The molecule has 0 aliphatic carbocycles. The topological polar surface area (TPSA) is 71.1 Å². The van der Waals surface area contributed by atoms with E-state index < -0.39 is 0 Å². The lowest BCUT2D eigenvalue weighted by Crippen LogP contribution is -2.27. The Bertz CT molecular complexity index is 981. The first-order chi connectivity index (χ1) is 13.5. The van der Waals surface area contributed by atoms with Gasteiger partial charge in [-0.15, -0.1) is 0 Å². The summed E-state index contributed by atoms with van der Waals surface area (Å²) in [4.78, 5) is 29.0. The predicted octanol–water partition coefficient (Wildman–Crippen LogP) is 3.56. The van der Waals surface area contributed by atoms with Gasteiger partial charge < -0.3 is 10.6 Å². The maximum atomic E-state index is 12.4. The van der Waals surface area contributed by atoms with Crippen molar-refractivity contribution >= 4 is 11.8 Å². The van der Waals surface area contributed by atoms with E-state index in [1.165, 1.54) is 5.56 Å². The second kappa shape index (κ2) is 8.95. The molecule has 2 aromatic carbocycles. The van der Waals surface area contributed by atoms with Crippen LogP contribution >= 0.6 is 0 Å². The number of carbonyl (C=O) groups is 2. The molecular weight excluding hydrogens is 350 g/mol. The first-order valence-corrected chi connectivity index (χ1v) is 9.16. The average molecular weight is 373 g/mol. The molecule has 142 valence electrons. The standard InChI is InChI=1S/C23H23N3O2/c1-16-9-11-18(12-10-16)14-24-22(27)20-7-4-8-21(26-20)23(28)25-15-19-6-3-5-17(2)13-19/h3-13H,14-15H2,1-2H3,(H,24,27)(H,25,28). The molecule has 0 fully saturated rings. The zero-order valence-electron chi connectivity index (χ0n) is 16.0. The normalized spacial score (nSPS) is 10.4. The smallest absolute Gasteiger partial charge is 0.270 e. The molecule has 28 heavy (non-hydrogen) atoms. The fourth-order valence-electron chi connectivity index (χ4n) is 2.76. The van der Waals surface area contributed by atoms with E-state index in [0.29, 0.717) is 13.1 Å². The SMILES string of the molecule is Cc1ccc(CNC(=O)c2cccc(C(=O)NCc3cccc(C)c3)n2)cc1. The number of aryl methyl sites for hydroxylation is 2. The Morgan fingerprint density at radius 2 is 1.29 bits per heavy atom. The van der Waals surface area contributed by atoms with Crippen LogP contribution < -0.4 is 10.6 Å². The molecule has 0 radical (unpaired) electrons. The summed E-state index contributed by atoms with van der Waals surface area (Å²) in [5.74, 6) is -0.622. The molecule has 0 aliphatic heterocycles. The van der Waals surface area contributed by atoms with Crippen LogP contribution in [0.15, 0.2) is 66.7 Å². The lowest BCUT2D eigenvalue weighted by atomic mass is 10.1. The van der Waals surface area contributed by atoms with Gasteiger partial charge in [0.2, 0.25) is 0 Å². The number of carbonyl (C=O) groups excluding carboxylic acids is 2. The van der Waals surface area contributed by atoms with E-state index in [-0.39, 0.29) is 23.2 Å². The molecule has 3 aromatic rings. The van der Waals surface area contributed by atoms with E-state index in [0.717, 1.165) is 16.7 Å². The molecule has 0 saturated heterocycles. The molecule has 0 aliphatic rings. The number of nitrogens with one attached hydrogen (secondary N) is 2. The van der Waals surface area contributed by atoms with E-state index >= 15 is 0 Å². The second-order valence-corrected chi connectivity index (χ2v) is 6.75. The van der Waals surface area contributed by atoms with Crippen molar-refractivity contribution in [3.05, 3.63) is 100 Å². The summed E-state index contributed by atoms with van der Waals surface area (Å²) in [5.41, 5.74) is 4.76. The second-order valence-electron chi connectivity index (χ2n) is 6.75. The summed E-state index contributed by atoms with van der Waals surface area (Å²) in [6.07, 6.45) is 0. The van der Waals surface area contributed by atoms with E-state index in [9.17, 15) is 9.59 Å². The van der Waals surface area contributed by atoms with E-state index in [2.05, 4.69) is 15.6 Å². The number of rotatable bonds is 6. The van der Waals surface area contributed by atoms with Gasteiger partial charge in [-0.1, -0.05) is 65.7 Å². The number of benzene rings is 2. The highest BCUT2D eigenvalue weighted by Gasteiger charge is 2.12. The summed E-state index contributed by atoms with van der Waals surface area (Å²) in [6.45, 7) is 4.84. The van der Waals surface area contributed by atoms with Gasteiger partial charge in [0.1, 0.15) is 11.4 Å². The largest absolute Gasteiger partial charge is 0.347 e. The van der Waals surface area contributed by atoms with Crippen molar-refractivity contribution in [2.75, 3.05) is 0 Å². The molecule has 2 amide bonds. The third-order valence-electron chi connectivity index (χ3n) is 4.32. The van der Waals surface area contributed by atoms with Gasteiger partial charge in [-0.25, -0.2) is 4.98 Å². The third kappa shape index (κ3) is 5.27. The van der Waals surface area contributed by atoms with Gasteiger partial charge in [0.15, 0.2) is 0 Å². The maximum Gasteiger partial charge on any atom is 0.270 e. The van der Waals surface area contributed by atoms with Crippen molar-refractivity contribution in [2.45, 2.75) is 26.9 Å². The zero-order chi connectivity index (χ0) is 19.9. The van der Waals surface area contributed by atoms with Gasteiger partial charge in [-0.2, -0.15) is 0 Å². The van der Waals surface area contributed by atoms with Crippen molar-refractivity contribution in [1.29, 1.82) is 0 Å². The number of pyridine rings is 1. The van der Waals surface area contributed by atoms with Gasteiger partial charge in [0.25, 0.3) is 11.8 Å². The first kappa shape index (κ1) is 19.3. The Kier molecular flexibility index (Phi) is 6.17. The van der Waals surface area contributed by atoms with Crippen LogP contribution in [0.5, 0.6) is 0 Å². The van der Waals surface area contributed by atoms with E-state index in [4.69, 9.17) is 0 Å². The zero-order valence-corrected chi connectivity index (χ0v) is 16.0. The molecule has 1 heterocycles. The molecule has 0 spiro atoms. The van der Waals surface area contributed by atoms with Crippen LogP contribution in [0.1, 0.15) is 43.2 Å². The van der Waals surface area contributed by atoms with Crippen LogP contribution in [0.3, 0.4) is 0 Å². The van der Waals surface area contributed by atoms with E-state index in [1.807, 2.05) is 62.4 Å². The minimum atomic E-state index is -0.311. The molecule has 0 unspecified atom stereocenters. The molecule has 5 nitrogen and oxygen atoms in total. The molecule has 0 bridgehead atoms. The Balaban J connectivity index is 1.59. The van der Waals surface area contributed by atoms with Crippen LogP contribution in [0.4, 0.5) is 0 Å². The number of hydrogen-bond donors (Lipinski definition) is 2. The highest BCUT2D eigenvalue weighted by atomic mass is 16.2. The molecular formula is C23H23N3O2. The van der Waals surface area contributed by atoms with Crippen LogP contribution in [-0.2, 0) is 13.1 Å². The van der Waals surface area contributed by atoms with Crippen molar-refractivity contribution in [3.63, 3.8) is 0 Å². The number of nitrogens with zero attached hydrogens (tertiary/aromatic N) is 1. The lowest BCUT2D eigenvalue weighted by Gasteiger charge is -2.08. The van der Waals surface area contributed by atoms with Crippen molar-refractivity contribution in [2.24, 2.45) is 0 Å². The summed E-state index contributed by atoms with van der Waals surface area (Å²) in [7, 11) is 0. The highest BCUT2D eigenvalue weighted by Crippen LogP contribution is 2.06. The van der Waals surface area contributed by atoms with Crippen molar-refractivity contribution < 1.29 is 9.59 Å². The number of aromatic nitrogens is 1. The Morgan fingerprint density at radius 1 is 0.714 bits per heavy atom. The molecule has 0 saturated carbocycles. The van der Waals surface area contributed by atoms with Crippen molar-refractivity contribution in [1.82, 2.24) is 15.6 Å². The minimum Gasteiger partial charge on any atom is -0.347 e. The minimum absolute atomic E-state index is 0.218. The van der Waals surface area contributed by atoms with Crippen LogP contribution in [0, 0.1) is 13.8 Å². The maximum absolute atomic E-state index is 12.4.